The first-order valence-electron chi connectivity index (χ1n) is 9.07. The standard InChI is InChI=1S/C24H23ClO2/c25-15-14-23(19-8-3-1-4-9-19)24(20-10-5-2-6-11-20)21-12-7-13-22(18-21)27-17-16-26/h1-13,18,26H,14-17H2. The van der Waals surface area contributed by atoms with Crippen molar-refractivity contribution in [2.45, 2.75) is 6.42 Å². The Balaban J connectivity index is 2.19. The van der Waals surface area contributed by atoms with Crippen molar-refractivity contribution in [1.82, 2.24) is 0 Å². The molecule has 2 nitrogen and oxygen atoms in total. The molecule has 0 aliphatic heterocycles. The predicted octanol–water partition coefficient (Wildman–Crippen LogP) is 5.65. The van der Waals surface area contributed by atoms with Crippen molar-refractivity contribution in [1.29, 1.82) is 0 Å². The lowest BCUT2D eigenvalue weighted by molar-refractivity contribution is 0.201. The number of alkyl halides is 1. The summed E-state index contributed by atoms with van der Waals surface area (Å²) in [6, 6.07) is 28.7. The van der Waals surface area contributed by atoms with E-state index in [2.05, 4.69) is 30.3 Å². The van der Waals surface area contributed by atoms with Crippen LogP contribution in [0.1, 0.15) is 23.1 Å². The van der Waals surface area contributed by atoms with E-state index >= 15 is 0 Å². The number of aliphatic hydroxyl groups is 1. The third-order valence-electron chi connectivity index (χ3n) is 4.31. The Morgan fingerprint density at radius 1 is 0.778 bits per heavy atom. The Labute approximate surface area is 165 Å². The lowest BCUT2D eigenvalue weighted by Crippen LogP contribution is -2.02. The van der Waals surface area contributed by atoms with E-state index in [4.69, 9.17) is 21.4 Å². The summed E-state index contributed by atoms with van der Waals surface area (Å²) in [5, 5.41) is 9.04. The Morgan fingerprint density at radius 3 is 2.04 bits per heavy atom. The maximum absolute atomic E-state index is 9.04. The van der Waals surface area contributed by atoms with Gasteiger partial charge in [-0.3, -0.25) is 0 Å². The molecule has 3 heteroatoms. The van der Waals surface area contributed by atoms with Crippen molar-refractivity contribution in [2.24, 2.45) is 0 Å². The van der Waals surface area contributed by atoms with Gasteiger partial charge in [-0.1, -0.05) is 72.8 Å². The fraction of sp³-hybridized carbons (Fsp3) is 0.167. The van der Waals surface area contributed by atoms with Crippen molar-refractivity contribution < 1.29 is 9.84 Å². The van der Waals surface area contributed by atoms with Gasteiger partial charge in [0.15, 0.2) is 0 Å². The number of benzene rings is 3. The fourth-order valence-corrected chi connectivity index (χ4v) is 3.36. The Bertz CT molecular complexity index is 873. The quantitative estimate of drug-likeness (QED) is 0.405. The van der Waals surface area contributed by atoms with Crippen LogP contribution in [0, 0.1) is 0 Å². The highest BCUT2D eigenvalue weighted by Crippen LogP contribution is 2.35. The molecule has 0 amide bonds. The third kappa shape index (κ3) is 5.00. The lowest BCUT2D eigenvalue weighted by atomic mass is 9.88. The molecule has 0 saturated carbocycles. The minimum absolute atomic E-state index is 0.00682. The first kappa shape index (κ1) is 19.2. The Hall–Kier alpha value is -2.55. The highest BCUT2D eigenvalue weighted by molar-refractivity contribution is 6.18. The van der Waals surface area contributed by atoms with Crippen LogP contribution in [0.25, 0.3) is 11.1 Å². The minimum Gasteiger partial charge on any atom is -0.491 e. The van der Waals surface area contributed by atoms with E-state index in [9.17, 15) is 0 Å². The average Bonchev–Trinajstić information content (AvgIpc) is 2.74. The number of halogens is 1. The van der Waals surface area contributed by atoms with Gasteiger partial charge in [-0.2, -0.15) is 0 Å². The zero-order valence-electron chi connectivity index (χ0n) is 15.1. The smallest absolute Gasteiger partial charge is 0.120 e. The summed E-state index contributed by atoms with van der Waals surface area (Å²) in [6.45, 7) is 0.272. The average molecular weight is 379 g/mol. The summed E-state index contributed by atoms with van der Waals surface area (Å²) in [7, 11) is 0. The molecule has 138 valence electrons. The van der Waals surface area contributed by atoms with Crippen molar-refractivity contribution >= 4 is 22.7 Å². The van der Waals surface area contributed by atoms with Crippen LogP contribution in [0.4, 0.5) is 0 Å². The fourth-order valence-electron chi connectivity index (χ4n) is 3.17. The SMILES string of the molecule is OCCOc1cccc(C(=C(CCCl)c2ccccc2)c2ccccc2)c1. The third-order valence-corrected chi connectivity index (χ3v) is 4.50. The van der Waals surface area contributed by atoms with Crippen LogP contribution in [-0.4, -0.2) is 24.2 Å². The van der Waals surface area contributed by atoms with Crippen molar-refractivity contribution in [3.63, 3.8) is 0 Å². The van der Waals surface area contributed by atoms with Gasteiger partial charge in [-0.25, -0.2) is 0 Å². The van der Waals surface area contributed by atoms with Crippen molar-refractivity contribution in [3.8, 4) is 5.75 Å². The molecule has 0 saturated heterocycles. The summed E-state index contributed by atoms with van der Waals surface area (Å²) in [5.74, 6) is 1.29. The largest absolute Gasteiger partial charge is 0.491 e. The van der Waals surface area contributed by atoms with Crippen LogP contribution in [0.15, 0.2) is 84.9 Å². The van der Waals surface area contributed by atoms with E-state index < -0.39 is 0 Å². The van der Waals surface area contributed by atoms with Gasteiger partial charge in [0.05, 0.1) is 6.61 Å². The van der Waals surface area contributed by atoms with E-state index in [0.29, 0.717) is 5.88 Å². The molecule has 0 bridgehead atoms. The molecular formula is C24H23ClO2. The number of hydrogen-bond donors (Lipinski definition) is 1. The van der Waals surface area contributed by atoms with Crippen LogP contribution < -0.4 is 4.74 Å². The van der Waals surface area contributed by atoms with Crippen LogP contribution in [0.5, 0.6) is 5.75 Å². The topological polar surface area (TPSA) is 29.5 Å². The summed E-state index contributed by atoms with van der Waals surface area (Å²) >= 11 is 6.18. The number of ether oxygens (including phenoxy) is 1. The molecule has 0 spiro atoms. The van der Waals surface area contributed by atoms with Crippen LogP contribution in [0.3, 0.4) is 0 Å². The molecule has 27 heavy (non-hydrogen) atoms. The van der Waals surface area contributed by atoms with Crippen LogP contribution in [0.2, 0.25) is 0 Å². The molecule has 0 atom stereocenters. The highest BCUT2D eigenvalue weighted by atomic mass is 35.5. The van der Waals surface area contributed by atoms with Gasteiger partial charge in [0.1, 0.15) is 12.4 Å². The van der Waals surface area contributed by atoms with E-state index in [0.717, 1.165) is 28.9 Å². The van der Waals surface area contributed by atoms with Gasteiger partial charge < -0.3 is 9.84 Å². The molecule has 0 radical (unpaired) electrons. The van der Waals surface area contributed by atoms with Crippen LogP contribution in [-0.2, 0) is 0 Å². The maximum Gasteiger partial charge on any atom is 0.120 e. The normalized spacial score (nSPS) is 11.8. The first-order valence-corrected chi connectivity index (χ1v) is 9.61. The molecule has 0 aliphatic carbocycles. The Morgan fingerprint density at radius 2 is 1.41 bits per heavy atom. The monoisotopic (exact) mass is 378 g/mol. The van der Waals surface area contributed by atoms with Gasteiger partial charge in [-0.15, -0.1) is 11.6 Å². The molecule has 0 aromatic heterocycles. The first-order chi connectivity index (χ1) is 13.3. The van der Waals surface area contributed by atoms with Gasteiger partial charge in [0.2, 0.25) is 0 Å². The molecule has 0 heterocycles. The molecule has 3 aromatic rings. The maximum atomic E-state index is 9.04. The van der Waals surface area contributed by atoms with Gasteiger partial charge in [0, 0.05) is 5.88 Å². The summed E-state index contributed by atoms with van der Waals surface area (Å²) < 4.78 is 5.63. The molecule has 0 fully saturated rings. The van der Waals surface area contributed by atoms with Crippen molar-refractivity contribution in [3.05, 3.63) is 102 Å². The van der Waals surface area contributed by atoms with Crippen LogP contribution >= 0.6 is 11.6 Å². The number of rotatable bonds is 8. The predicted molar refractivity (Wildman–Crippen MR) is 113 cm³/mol. The van der Waals surface area contributed by atoms with Gasteiger partial charge in [-0.05, 0) is 46.4 Å². The molecular weight excluding hydrogens is 356 g/mol. The molecule has 1 N–H and O–H groups in total. The number of aliphatic hydroxyl groups excluding tert-OH is 1. The van der Waals surface area contributed by atoms with E-state index in [1.54, 1.807) is 0 Å². The molecule has 3 aromatic carbocycles. The summed E-state index contributed by atoms with van der Waals surface area (Å²) in [4.78, 5) is 0. The lowest BCUT2D eigenvalue weighted by Gasteiger charge is -2.17. The van der Waals surface area contributed by atoms with Gasteiger partial charge >= 0.3 is 0 Å². The molecule has 0 aliphatic rings. The molecule has 3 rings (SSSR count). The number of allylic oxidation sites excluding steroid dienone is 1. The zero-order valence-corrected chi connectivity index (χ0v) is 15.9. The minimum atomic E-state index is -0.00682. The van der Waals surface area contributed by atoms with Crippen molar-refractivity contribution in [2.75, 3.05) is 19.1 Å². The summed E-state index contributed by atoms with van der Waals surface area (Å²) in [6.07, 6.45) is 0.761. The highest BCUT2D eigenvalue weighted by Gasteiger charge is 2.14. The van der Waals surface area contributed by atoms with E-state index in [1.165, 1.54) is 11.1 Å². The zero-order chi connectivity index (χ0) is 18.9. The summed E-state index contributed by atoms with van der Waals surface area (Å²) in [5.41, 5.74) is 5.73. The second-order valence-electron chi connectivity index (χ2n) is 6.12. The number of hydrogen-bond acceptors (Lipinski definition) is 2. The van der Waals surface area contributed by atoms with Gasteiger partial charge in [0.25, 0.3) is 0 Å². The van der Waals surface area contributed by atoms with E-state index in [-0.39, 0.29) is 13.2 Å². The second kappa shape index (κ2) is 9.96. The Kier molecular flexibility index (Phi) is 7.09. The molecule has 0 unspecified atom stereocenters. The second-order valence-corrected chi connectivity index (χ2v) is 6.50. The van der Waals surface area contributed by atoms with E-state index in [1.807, 2.05) is 54.6 Å².